The van der Waals surface area contributed by atoms with E-state index in [-0.39, 0.29) is 22.1 Å². The smallest absolute Gasteiger partial charge is 0.279 e. The third kappa shape index (κ3) is 3.12. The zero-order valence-corrected chi connectivity index (χ0v) is 15.3. The second-order valence-corrected chi connectivity index (χ2v) is 7.26. The first-order valence-electron chi connectivity index (χ1n) is 9.01. The van der Waals surface area contributed by atoms with Gasteiger partial charge in [0, 0.05) is 43.4 Å². The lowest BCUT2D eigenvalue weighted by molar-refractivity contribution is -0.383. The number of nitrogens with one attached hydrogen (secondary N) is 2. The highest BCUT2D eigenvalue weighted by Gasteiger charge is 2.24. The first-order chi connectivity index (χ1) is 12.9. The van der Waals surface area contributed by atoms with Crippen molar-refractivity contribution in [1.29, 1.82) is 0 Å². The fourth-order valence-corrected chi connectivity index (χ4v) is 3.67. The van der Waals surface area contributed by atoms with Gasteiger partial charge in [0.2, 0.25) is 0 Å². The number of nitrogens with zero attached hydrogens (tertiary/aromatic N) is 3. The van der Waals surface area contributed by atoms with E-state index in [2.05, 4.69) is 19.9 Å². The van der Waals surface area contributed by atoms with Crippen LogP contribution >= 0.6 is 0 Å². The van der Waals surface area contributed by atoms with Crippen molar-refractivity contribution in [1.82, 2.24) is 19.9 Å². The van der Waals surface area contributed by atoms with Gasteiger partial charge in [-0.15, -0.1) is 0 Å². The fourth-order valence-electron chi connectivity index (χ4n) is 3.67. The number of non-ortho nitro benzene ring substituents is 1. The molecular weight excluding hydrogens is 346 g/mol. The number of fused-ring (bicyclic) bond motifs is 2. The summed E-state index contributed by atoms with van der Waals surface area (Å²) >= 11 is 0. The first kappa shape index (κ1) is 17.4. The monoisotopic (exact) mass is 367 g/mol. The van der Waals surface area contributed by atoms with E-state index in [1.165, 1.54) is 6.07 Å². The van der Waals surface area contributed by atoms with E-state index >= 15 is 0 Å². The van der Waals surface area contributed by atoms with Crippen molar-refractivity contribution in [2.75, 3.05) is 6.54 Å². The average Bonchev–Trinajstić information content (AvgIpc) is 3.04. The molecule has 0 amide bonds. The van der Waals surface area contributed by atoms with Crippen molar-refractivity contribution in [2.24, 2.45) is 0 Å². The van der Waals surface area contributed by atoms with Crippen molar-refractivity contribution in [3.05, 3.63) is 67.5 Å². The number of aromatic nitrogens is 3. The standard InChI is InChI=1S/C19H21N5O3/c1-11(2)18-21-15-10-23(7-6-13(15)19(25)22-18)9-12-8-20-14-4-3-5-16(17(12)14)24(26)27/h3-5,8,11,20H,6-7,9-10H2,1-2H3,(H,21,22,25). The summed E-state index contributed by atoms with van der Waals surface area (Å²) in [4.78, 5) is 36.2. The molecule has 3 heterocycles. The molecule has 1 aliphatic rings. The summed E-state index contributed by atoms with van der Waals surface area (Å²) in [6.07, 6.45) is 2.46. The predicted octanol–water partition coefficient (Wildman–Crippen LogP) is 2.84. The second-order valence-electron chi connectivity index (χ2n) is 7.26. The third-order valence-electron chi connectivity index (χ3n) is 5.07. The van der Waals surface area contributed by atoms with Crippen molar-refractivity contribution < 1.29 is 4.92 Å². The van der Waals surface area contributed by atoms with E-state index in [1.807, 2.05) is 26.1 Å². The van der Waals surface area contributed by atoms with E-state index in [1.54, 1.807) is 6.07 Å². The molecule has 2 N–H and O–H groups in total. The number of hydrogen-bond acceptors (Lipinski definition) is 5. The highest BCUT2D eigenvalue weighted by atomic mass is 16.6. The summed E-state index contributed by atoms with van der Waals surface area (Å²) in [5.41, 5.74) is 3.26. The molecule has 8 heteroatoms. The van der Waals surface area contributed by atoms with Gasteiger partial charge in [-0.1, -0.05) is 19.9 Å². The topological polar surface area (TPSA) is 108 Å². The summed E-state index contributed by atoms with van der Waals surface area (Å²) < 4.78 is 0. The summed E-state index contributed by atoms with van der Waals surface area (Å²) in [6, 6.07) is 5.05. The van der Waals surface area contributed by atoms with Crippen LogP contribution in [0.25, 0.3) is 10.9 Å². The quantitative estimate of drug-likeness (QED) is 0.544. The highest BCUT2D eigenvalue weighted by Crippen LogP contribution is 2.30. The van der Waals surface area contributed by atoms with Crippen LogP contribution in [0.3, 0.4) is 0 Å². The number of rotatable bonds is 4. The van der Waals surface area contributed by atoms with Crippen LogP contribution in [0.1, 0.15) is 42.4 Å². The first-order valence-corrected chi connectivity index (χ1v) is 9.01. The molecule has 4 rings (SSSR count). The van der Waals surface area contributed by atoms with Gasteiger partial charge in [-0.25, -0.2) is 4.98 Å². The molecule has 0 atom stereocenters. The second kappa shape index (κ2) is 6.62. The lowest BCUT2D eigenvalue weighted by atomic mass is 10.0. The van der Waals surface area contributed by atoms with E-state index in [0.717, 1.165) is 22.3 Å². The van der Waals surface area contributed by atoms with E-state index in [9.17, 15) is 14.9 Å². The maximum atomic E-state index is 12.3. The molecule has 1 aliphatic heterocycles. The minimum Gasteiger partial charge on any atom is -0.361 e. The Labute approximate surface area is 155 Å². The molecule has 3 aromatic rings. The van der Waals surface area contributed by atoms with Gasteiger partial charge in [-0.3, -0.25) is 19.8 Å². The van der Waals surface area contributed by atoms with Crippen LogP contribution in [0.5, 0.6) is 0 Å². The molecule has 0 saturated heterocycles. The van der Waals surface area contributed by atoms with Crippen LogP contribution in [0, 0.1) is 10.1 Å². The third-order valence-corrected chi connectivity index (χ3v) is 5.07. The SMILES string of the molecule is CC(C)c1nc2c(c(=O)[nH]1)CCN(Cc1c[nH]c3cccc([N+](=O)[O-])c13)C2. The van der Waals surface area contributed by atoms with E-state index in [4.69, 9.17) is 0 Å². The Morgan fingerprint density at radius 2 is 2.19 bits per heavy atom. The van der Waals surface area contributed by atoms with Gasteiger partial charge in [0.25, 0.3) is 11.2 Å². The summed E-state index contributed by atoms with van der Waals surface area (Å²) in [5.74, 6) is 0.845. The zero-order chi connectivity index (χ0) is 19.1. The molecule has 0 unspecified atom stereocenters. The van der Waals surface area contributed by atoms with Crippen LogP contribution in [0.4, 0.5) is 5.69 Å². The van der Waals surface area contributed by atoms with Crippen LogP contribution in [0.15, 0.2) is 29.2 Å². The van der Waals surface area contributed by atoms with Crippen molar-refractivity contribution in [2.45, 2.75) is 39.3 Å². The minimum atomic E-state index is -0.346. The Bertz CT molecular complexity index is 1080. The predicted molar refractivity (Wildman–Crippen MR) is 102 cm³/mol. The van der Waals surface area contributed by atoms with Gasteiger partial charge >= 0.3 is 0 Å². The van der Waals surface area contributed by atoms with Crippen molar-refractivity contribution >= 4 is 16.6 Å². The van der Waals surface area contributed by atoms with Crippen molar-refractivity contribution in [3.63, 3.8) is 0 Å². The molecule has 0 saturated carbocycles. The summed E-state index contributed by atoms with van der Waals surface area (Å²) in [6.45, 7) is 5.83. The van der Waals surface area contributed by atoms with Gasteiger partial charge in [-0.05, 0) is 18.1 Å². The van der Waals surface area contributed by atoms with Crippen LogP contribution < -0.4 is 5.56 Å². The number of hydrogen-bond donors (Lipinski definition) is 2. The molecule has 8 nitrogen and oxygen atoms in total. The number of nitro benzene ring substituents is 1. The molecule has 140 valence electrons. The van der Waals surface area contributed by atoms with Crippen molar-refractivity contribution in [3.8, 4) is 0 Å². The molecule has 2 aromatic heterocycles. The number of benzene rings is 1. The molecular formula is C19H21N5O3. The van der Waals surface area contributed by atoms with Gasteiger partial charge in [-0.2, -0.15) is 0 Å². The molecule has 0 spiro atoms. The van der Waals surface area contributed by atoms with Gasteiger partial charge in [0.15, 0.2) is 0 Å². The van der Waals surface area contributed by atoms with Crippen LogP contribution in [-0.2, 0) is 19.5 Å². The molecule has 27 heavy (non-hydrogen) atoms. The number of aromatic amines is 2. The minimum absolute atomic E-state index is 0.0499. The number of nitro groups is 1. The Morgan fingerprint density at radius 3 is 2.93 bits per heavy atom. The lowest BCUT2D eigenvalue weighted by Crippen LogP contribution is -2.35. The number of H-pyrrole nitrogens is 2. The molecule has 0 bridgehead atoms. The maximum Gasteiger partial charge on any atom is 0.279 e. The largest absolute Gasteiger partial charge is 0.361 e. The zero-order valence-electron chi connectivity index (χ0n) is 15.3. The maximum absolute atomic E-state index is 12.3. The molecule has 0 radical (unpaired) electrons. The lowest BCUT2D eigenvalue weighted by Gasteiger charge is -2.27. The Balaban J connectivity index is 1.65. The van der Waals surface area contributed by atoms with E-state index < -0.39 is 0 Å². The van der Waals surface area contributed by atoms with E-state index in [0.29, 0.717) is 37.3 Å². The Morgan fingerprint density at radius 1 is 1.37 bits per heavy atom. The molecule has 1 aromatic carbocycles. The summed E-state index contributed by atoms with van der Waals surface area (Å²) in [7, 11) is 0. The Hall–Kier alpha value is -3.00. The highest BCUT2D eigenvalue weighted by molar-refractivity contribution is 5.91. The van der Waals surface area contributed by atoms with Gasteiger partial charge < -0.3 is 9.97 Å². The molecule has 0 aliphatic carbocycles. The Kier molecular flexibility index (Phi) is 4.27. The average molecular weight is 367 g/mol. The summed E-state index contributed by atoms with van der Waals surface area (Å²) in [5, 5.41) is 12.0. The van der Waals surface area contributed by atoms with Crippen LogP contribution in [-0.4, -0.2) is 31.3 Å². The fraction of sp³-hybridized carbons (Fsp3) is 0.368. The van der Waals surface area contributed by atoms with Crippen LogP contribution in [0.2, 0.25) is 0 Å². The normalized spacial score (nSPS) is 14.6. The van der Waals surface area contributed by atoms with Gasteiger partial charge in [0.1, 0.15) is 5.82 Å². The van der Waals surface area contributed by atoms with Gasteiger partial charge in [0.05, 0.1) is 21.5 Å². The molecule has 0 fully saturated rings.